The van der Waals surface area contributed by atoms with E-state index in [0.717, 1.165) is 43.9 Å². The van der Waals surface area contributed by atoms with Gasteiger partial charge >= 0.3 is 0 Å². The van der Waals surface area contributed by atoms with E-state index >= 15 is 0 Å². The summed E-state index contributed by atoms with van der Waals surface area (Å²) in [6.07, 6.45) is 0. The van der Waals surface area contributed by atoms with Crippen LogP contribution >= 0.6 is 0 Å². The van der Waals surface area contributed by atoms with Crippen LogP contribution in [-0.2, 0) is 0 Å². The fourth-order valence-electron chi connectivity index (χ4n) is 22.9. The standard InChI is InChI=1S/C50H32O.C50H32.C42H26O/c1-3-12-33(13-4-1)35-22-26-37(27-23-35)48-41-16-7-8-17-42(41)49(38-28-24-36(25-29-38)34-14-5-2-6-15-34)45-32-39(30-31-43(45)48)40-19-11-21-47-50(40)44-18-9-10-20-46(44)51-47;1-3-13-38-30-41(26-22-33(38)10-1)49-45-17-7-8-18-46(45)50(42-27-23-34-11-2-4-14-39(34)31-42)48-32-40(28-29-47(48)49)35-20-24-37(25-21-35)44-19-9-15-36-12-5-6-16-43(36)44;1-2-13-28(14-3-1)40-33-17-6-7-18-34(33)41(32-21-10-15-27-12-4-5-16-30(27)32)35-25-24-29(26-37(35)40)31-20-11-23-39-42(31)36-19-8-9-22-38(36)43-39/h1-32H;1-32H;1-26H. The Kier molecular flexibility index (Phi) is 21.0. The number of furan rings is 2. The van der Waals surface area contributed by atoms with Crippen molar-refractivity contribution in [1.29, 1.82) is 0 Å². The third kappa shape index (κ3) is 14.9. The molecule has 0 N–H and O–H groups in total. The maximum Gasteiger partial charge on any atom is 0.136 e. The van der Waals surface area contributed by atoms with E-state index in [1.54, 1.807) is 0 Å². The van der Waals surface area contributed by atoms with Crippen molar-refractivity contribution in [3.8, 4) is 134 Å². The second-order valence-corrected chi connectivity index (χ2v) is 37.7. The van der Waals surface area contributed by atoms with E-state index in [0.29, 0.717) is 0 Å². The zero-order valence-electron chi connectivity index (χ0n) is 78.8. The van der Waals surface area contributed by atoms with Gasteiger partial charge in [0, 0.05) is 21.5 Å². The summed E-state index contributed by atoms with van der Waals surface area (Å²) < 4.78 is 12.6. The van der Waals surface area contributed by atoms with Gasteiger partial charge in [-0.2, -0.15) is 0 Å². The van der Waals surface area contributed by atoms with Gasteiger partial charge in [-0.1, -0.05) is 491 Å². The van der Waals surface area contributed by atoms with Crippen molar-refractivity contribution >= 4 is 152 Å². The molecule has 0 spiro atoms. The average Bonchev–Trinajstić information content (AvgIpc) is 0.993. The van der Waals surface area contributed by atoms with Gasteiger partial charge in [-0.25, -0.2) is 0 Å². The van der Waals surface area contributed by atoms with Crippen molar-refractivity contribution in [2.75, 3.05) is 0 Å². The van der Waals surface area contributed by atoms with E-state index in [2.05, 4.69) is 534 Å². The lowest BCUT2D eigenvalue weighted by Gasteiger charge is -2.19. The molecule has 0 atom stereocenters. The van der Waals surface area contributed by atoms with Crippen molar-refractivity contribution < 1.29 is 8.83 Å². The van der Waals surface area contributed by atoms with E-state index in [9.17, 15) is 0 Å². The van der Waals surface area contributed by atoms with Crippen molar-refractivity contribution in [1.82, 2.24) is 0 Å². The van der Waals surface area contributed by atoms with E-state index in [1.807, 2.05) is 12.1 Å². The molecule has 0 unspecified atom stereocenters. The minimum absolute atomic E-state index is 0.906. The Balaban J connectivity index is 0.000000108. The van der Waals surface area contributed by atoms with E-state index < -0.39 is 0 Å². The zero-order chi connectivity index (χ0) is 95.1. The number of hydrogen-bond donors (Lipinski definition) is 0. The molecule has 0 aliphatic carbocycles. The molecule has 0 aliphatic heterocycles. The molecule has 144 heavy (non-hydrogen) atoms. The van der Waals surface area contributed by atoms with Crippen LogP contribution in [0.25, 0.3) is 285 Å². The molecular formula is C142H90O2. The molecule has 0 fully saturated rings. The molecule has 670 valence electrons. The summed E-state index contributed by atoms with van der Waals surface area (Å²) >= 11 is 0. The van der Waals surface area contributed by atoms with Crippen LogP contribution in [0, 0.1) is 0 Å². The molecule has 0 saturated heterocycles. The lowest BCUT2D eigenvalue weighted by atomic mass is 9.83. The maximum absolute atomic E-state index is 6.32. The van der Waals surface area contributed by atoms with Crippen molar-refractivity contribution in [3.63, 3.8) is 0 Å². The highest BCUT2D eigenvalue weighted by Gasteiger charge is 2.26. The van der Waals surface area contributed by atoms with Crippen LogP contribution in [0.1, 0.15) is 0 Å². The molecule has 0 saturated carbocycles. The Labute approximate surface area is 833 Å². The fraction of sp³-hybridized carbons (Fsp3) is 0. The van der Waals surface area contributed by atoms with Gasteiger partial charge in [-0.3, -0.25) is 0 Å². The summed E-state index contributed by atoms with van der Waals surface area (Å²) in [5.74, 6) is 0. The Morgan fingerprint density at radius 1 is 0.0972 bits per heavy atom. The van der Waals surface area contributed by atoms with Gasteiger partial charge in [0.15, 0.2) is 0 Å². The van der Waals surface area contributed by atoms with Crippen LogP contribution < -0.4 is 0 Å². The average molecular weight is 1830 g/mol. The van der Waals surface area contributed by atoms with Crippen molar-refractivity contribution in [3.05, 3.63) is 546 Å². The molecule has 0 bridgehead atoms. The monoisotopic (exact) mass is 1830 g/mol. The highest BCUT2D eigenvalue weighted by Crippen LogP contribution is 2.53. The first-order valence-electron chi connectivity index (χ1n) is 49.6. The highest BCUT2D eigenvalue weighted by molar-refractivity contribution is 6.28. The van der Waals surface area contributed by atoms with Crippen LogP contribution in [0.2, 0.25) is 0 Å². The SMILES string of the molecule is c1ccc(-c2c3ccccc3c(-c3cccc4ccccc34)c3ccc(-c4cccc5oc6ccccc6c45)cc23)cc1.c1ccc(-c2ccc(-c3c4ccccc4c(-c4ccc(-c5ccccc5)cc4)c4cc(-c5cccc6oc7ccccc7c56)ccc34)cc2)cc1.c1ccc2cc(-c3c4ccccc4c(-c4ccc5ccccc5c4)c4cc(-c5ccc(-c6cccc7ccccc67)cc5)ccc34)ccc2c1. The summed E-state index contributed by atoms with van der Waals surface area (Å²) in [4.78, 5) is 0. The number of benzene rings is 27. The van der Waals surface area contributed by atoms with Gasteiger partial charge in [0.2, 0.25) is 0 Å². The lowest BCUT2D eigenvalue weighted by molar-refractivity contribution is 0.668. The molecule has 2 nitrogen and oxygen atoms in total. The molecule has 29 aromatic rings. The van der Waals surface area contributed by atoms with Crippen LogP contribution in [0.15, 0.2) is 555 Å². The maximum atomic E-state index is 6.32. The van der Waals surface area contributed by atoms with E-state index in [-0.39, 0.29) is 0 Å². The smallest absolute Gasteiger partial charge is 0.136 e. The van der Waals surface area contributed by atoms with Crippen LogP contribution in [0.3, 0.4) is 0 Å². The number of rotatable bonds is 12. The quantitative estimate of drug-likeness (QED) is 0.114. The molecule has 0 radical (unpaired) electrons. The van der Waals surface area contributed by atoms with E-state index in [4.69, 9.17) is 8.83 Å². The molecule has 0 aliphatic rings. The summed E-state index contributed by atoms with van der Waals surface area (Å²) in [5.41, 5.74) is 33.1. The van der Waals surface area contributed by atoms with Gasteiger partial charge in [-0.05, 0) is 296 Å². The Morgan fingerprint density at radius 2 is 0.340 bits per heavy atom. The minimum atomic E-state index is 0.906. The summed E-state index contributed by atoms with van der Waals surface area (Å²) in [7, 11) is 0. The zero-order valence-corrected chi connectivity index (χ0v) is 78.8. The molecular weight excluding hydrogens is 1740 g/mol. The number of hydrogen-bond acceptors (Lipinski definition) is 2. The Bertz CT molecular complexity index is 10100. The number of fused-ring (bicyclic) bond motifs is 16. The third-order valence-corrected chi connectivity index (χ3v) is 29.6. The fourth-order valence-corrected chi connectivity index (χ4v) is 22.9. The van der Waals surface area contributed by atoms with Gasteiger partial charge in [-0.15, -0.1) is 0 Å². The van der Waals surface area contributed by atoms with Gasteiger partial charge < -0.3 is 8.83 Å². The lowest BCUT2D eigenvalue weighted by Crippen LogP contribution is -1.92. The van der Waals surface area contributed by atoms with Gasteiger partial charge in [0.25, 0.3) is 0 Å². The summed E-state index contributed by atoms with van der Waals surface area (Å²) in [6.45, 7) is 0. The molecule has 0 amide bonds. The highest BCUT2D eigenvalue weighted by atomic mass is 16.3. The largest absolute Gasteiger partial charge is 0.456 e. The first-order valence-corrected chi connectivity index (χ1v) is 49.6. The summed E-state index contributed by atoms with van der Waals surface area (Å²) in [6, 6.07) is 198. The van der Waals surface area contributed by atoms with E-state index in [1.165, 1.54) is 241 Å². The first-order chi connectivity index (χ1) is 71.4. The van der Waals surface area contributed by atoms with Crippen LogP contribution in [0.4, 0.5) is 0 Å². The van der Waals surface area contributed by atoms with Gasteiger partial charge in [0.1, 0.15) is 22.3 Å². The molecule has 2 heteroatoms. The first kappa shape index (κ1) is 84.4. The molecule has 29 rings (SSSR count). The van der Waals surface area contributed by atoms with Crippen molar-refractivity contribution in [2.45, 2.75) is 0 Å². The Hall–Kier alpha value is -18.9. The Morgan fingerprint density at radius 3 is 0.785 bits per heavy atom. The second-order valence-electron chi connectivity index (χ2n) is 37.7. The second kappa shape index (κ2) is 35.9. The normalized spacial score (nSPS) is 11.6. The van der Waals surface area contributed by atoms with Crippen molar-refractivity contribution in [2.24, 2.45) is 0 Å². The molecule has 2 aromatic heterocycles. The predicted molar refractivity (Wildman–Crippen MR) is 614 cm³/mol. The minimum Gasteiger partial charge on any atom is -0.456 e. The number of para-hydroxylation sites is 2. The topological polar surface area (TPSA) is 26.3 Å². The van der Waals surface area contributed by atoms with Crippen LogP contribution in [-0.4, -0.2) is 0 Å². The van der Waals surface area contributed by atoms with Crippen LogP contribution in [0.5, 0.6) is 0 Å². The molecule has 2 heterocycles. The third-order valence-electron chi connectivity index (χ3n) is 29.6. The van der Waals surface area contributed by atoms with Gasteiger partial charge in [0.05, 0.1) is 0 Å². The predicted octanol–water partition coefficient (Wildman–Crippen LogP) is 40.4. The summed E-state index contributed by atoms with van der Waals surface area (Å²) in [5, 5.41) is 29.7. The molecule has 27 aromatic carbocycles.